The van der Waals surface area contributed by atoms with Crippen molar-refractivity contribution < 1.29 is 0 Å². The maximum Gasteiger partial charge on any atom is 0.0460 e. The third-order valence-electron chi connectivity index (χ3n) is 3.90. The van der Waals surface area contributed by atoms with Gasteiger partial charge in [-0.2, -0.15) is 0 Å². The van der Waals surface area contributed by atoms with Crippen LogP contribution in [0.5, 0.6) is 0 Å². The molecule has 1 aromatic rings. The Morgan fingerprint density at radius 2 is 1.94 bits per heavy atom. The van der Waals surface area contributed by atoms with Crippen molar-refractivity contribution in [3.8, 4) is 0 Å². The van der Waals surface area contributed by atoms with Crippen LogP contribution in [0, 0.1) is 5.41 Å². The Labute approximate surface area is 106 Å². The quantitative estimate of drug-likeness (QED) is 0.858. The summed E-state index contributed by atoms with van der Waals surface area (Å²) >= 11 is 3.48. The number of benzene rings is 1. The molecule has 1 fully saturated rings. The van der Waals surface area contributed by atoms with Crippen LogP contribution in [-0.2, 0) is 0 Å². The minimum atomic E-state index is 0.549. The highest BCUT2D eigenvalue weighted by Gasteiger charge is 2.39. The average molecular weight is 283 g/mol. The Balaban J connectivity index is 2.09. The van der Waals surface area contributed by atoms with Gasteiger partial charge in [0.15, 0.2) is 0 Å². The summed E-state index contributed by atoms with van der Waals surface area (Å²) in [5.74, 6) is 0. The summed E-state index contributed by atoms with van der Waals surface area (Å²) in [6, 6.07) is 6.19. The fraction of sp³-hybridized carbons (Fsp3) is 0.538. The van der Waals surface area contributed by atoms with Crippen LogP contribution in [0.15, 0.2) is 22.7 Å². The van der Waals surface area contributed by atoms with E-state index in [4.69, 9.17) is 5.73 Å². The van der Waals surface area contributed by atoms with Crippen molar-refractivity contribution in [2.24, 2.45) is 5.41 Å². The molecule has 2 nitrogen and oxygen atoms in total. The topological polar surface area (TPSA) is 29.3 Å². The van der Waals surface area contributed by atoms with Gasteiger partial charge in [0.05, 0.1) is 0 Å². The molecule has 1 aliphatic rings. The van der Waals surface area contributed by atoms with Crippen molar-refractivity contribution in [3.05, 3.63) is 22.7 Å². The maximum absolute atomic E-state index is 5.79. The zero-order valence-electron chi connectivity index (χ0n) is 9.96. The molecule has 0 radical (unpaired) electrons. The molecule has 0 atom stereocenters. The molecule has 1 saturated heterocycles. The SMILES string of the molecule is CCC1(CC)CN(c2ccc(N)c(Br)c2)C1. The highest BCUT2D eigenvalue weighted by molar-refractivity contribution is 9.10. The van der Waals surface area contributed by atoms with Gasteiger partial charge in [0.25, 0.3) is 0 Å². The molecule has 2 N–H and O–H groups in total. The van der Waals surface area contributed by atoms with Crippen LogP contribution in [0.3, 0.4) is 0 Å². The molecule has 0 spiro atoms. The number of nitrogen functional groups attached to an aromatic ring is 1. The minimum Gasteiger partial charge on any atom is -0.398 e. The van der Waals surface area contributed by atoms with Gasteiger partial charge in [-0.1, -0.05) is 13.8 Å². The molecule has 3 heteroatoms. The zero-order valence-corrected chi connectivity index (χ0v) is 11.5. The van der Waals surface area contributed by atoms with Gasteiger partial charge in [-0.15, -0.1) is 0 Å². The molecule has 0 amide bonds. The third-order valence-corrected chi connectivity index (χ3v) is 4.59. The standard InChI is InChI=1S/C13H19BrN2/c1-3-13(4-2)8-16(9-13)10-5-6-12(15)11(14)7-10/h5-7H,3-4,8-9,15H2,1-2H3. The molecule has 0 bridgehead atoms. The van der Waals surface area contributed by atoms with E-state index in [1.54, 1.807) is 0 Å². The van der Waals surface area contributed by atoms with E-state index < -0.39 is 0 Å². The maximum atomic E-state index is 5.79. The van der Waals surface area contributed by atoms with Gasteiger partial charge in [-0.25, -0.2) is 0 Å². The van der Waals surface area contributed by atoms with Crippen molar-refractivity contribution >= 4 is 27.3 Å². The summed E-state index contributed by atoms with van der Waals surface area (Å²) in [6.07, 6.45) is 2.55. The average Bonchev–Trinajstić information content (AvgIpc) is 2.23. The molecule has 2 rings (SSSR count). The normalized spacial score (nSPS) is 18.3. The van der Waals surface area contributed by atoms with Crippen LogP contribution in [0.4, 0.5) is 11.4 Å². The van der Waals surface area contributed by atoms with E-state index in [1.165, 1.54) is 31.6 Å². The van der Waals surface area contributed by atoms with Crippen LogP contribution < -0.4 is 10.6 Å². The Bertz CT molecular complexity index is 378. The van der Waals surface area contributed by atoms with Gasteiger partial charge < -0.3 is 10.6 Å². The first-order chi connectivity index (χ1) is 7.60. The second kappa shape index (κ2) is 4.28. The molecule has 0 saturated carbocycles. The first-order valence-electron chi connectivity index (χ1n) is 5.90. The molecule has 16 heavy (non-hydrogen) atoms. The predicted molar refractivity (Wildman–Crippen MR) is 73.8 cm³/mol. The minimum absolute atomic E-state index is 0.549. The summed E-state index contributed by atoms with van der Waals surface area (Å²) in [7, 11) is 0. The first-order valence-corrected chi connectivity index (χ1v) is 6.69. The lowest BCUT2D eigenvalue weighted by molar-refractivity contribution is 0.194. The Hall–Kier alpha value is -0.700. The van der Waals surface area contributed by atoms with Gasteiger partial charge in [0, 0.05) is 34.4 Å². The molecule has 1 heterocycles. The van der Waals surface area contributed by atoms with E-state index in [1.807, 2.05) is 6.07 Å². The van der Waals surface area contributed by atoms with E-state index in [0.29, 0.717) is 5.41 Å². The second-order valence-electron chi connectivity index (χ2n) is 4.77. The van der Waals surface area contributed by atoms with E-state index in [-0.39, 0.29) is 0 Å². The molecule has 0 unspecified atom stereocenters. The van der Waals surface area contributed by atoms with E-state index in [2.05, 4.69) is 46.8 Å². The number of hydrogen-bond acceptors (Lipinski definition) is 2. The van der Waals surface area contributed by atoms with Crippen molar-refractivity contribution in [2.45, 2.75) is 26.7 Å². The summed E-state index contributed by atoms with van der Waals surface area (Å²) in [5.41, 5.74) is 8.42. The summed E-state index contributed by atoms with van der Waals surface area (Å²) in [4.78, 5) is 2.43. The summed E-state index contributed by atoms with van der Waals surface area (Å²) < 4.78 is 0.996. The fourth-order valence-electron chi connectivity index (χ4n) is 2.36. The lowest BCUT2D eigenvalue weighted by atomic mass is 9.75. The van der Waals surface area contributed by atoms with Crippen LogP contribution in [0.2, 0.25) is 0 Å². The Morgan fingerprint density at radius 3 is 2.44 bits per heavy atom. The van der Waals surface area contributed by atoms with Gasteiger partial charge >= 0.3 is 0 Å². The van der Waals surface area contributed by atoms with E-state index in [0.717, 1.165) is 10.2 Å². The molecule has 0 aliphatic carbocycles. The van der Waals surface area contributed by atoms with Gasteiger partial charge in [0.1, 0.15) is 0 Å². The highest BCUT2D eigenvalue weighted by Crippen LogP contribution is 2.40. The number of anilines is 2. The smallest absolute Gasteiger partial charge is 0.0460 e. The van der Waals surface area contributed by atoms with Crippen LogP contribution >= 0.6 is 15.9 Å². The number of rotatable bonds is 3. The van der Waals surface area contributed by atoms with Crippen LogP contribution in [0.25, 0.3) is 0 Å². The molecular weight excluding hydrogens is 264 g/mol. The number of hydrogen-bond donors (Lipinski definition) is 1. The number of halogens is 1. The molecule has 1 aromatic carbocycles. The second-order valence-corrected chi connectivity index (χ2v) is 5.62. The van der Waals surface area contributed by atoms with Gasteiger partial charge in [-0.05, 0) is 47.0 Å². The molecule has 1 aliphatic heterocycles. The monoisotopic (exact) mass is 282 g/mol. The third kappa shape index (κ3) is 1.93. The summed E-state index contributed by atoms with van der Waals surface area (Å²) in [6.45, 7) is 6.94. The van der Waals surface area contributed by atoms with Gasteiger partial charge in [0.2, 0.25) is 0 Å². The predicted octanol–water partition coefficient (Wildman–Crippen LogP) is 3.66. The lowest BCUT2D eigenvalue weighted by Gasteiger charge is -2.51. The van der Waals surface area contributed by atoms with Crippen molar-refractivity contribution in [1.82, 2.24) is 0 Å². The first kappa shape index (κ1) is 11.8. The molecule has 88 valence electrons. The largest absolute Gasteiger partial charge is 0.398 e. The highest BCUT2D eigenvalue weighted by atomic mass is 79.9. The van der Waals surface area contributed by atoms with Crippen LogP contribution in [-0.4, -0.2) is 13.1 Å². The molecule has 0 aromatic heterocycles. The number of nitrogens with zero attached hydrogens (tertiary/aromatic N) is 1. The lowest BCUT2D eigenvalue weighted by Crippen LogP contribution is -2.55. The zero-order chi connectivity index (χ0) is 11.8. The molecular formula is C13H19BrN2. The fourth-order valence-corrected chi connectivity index (χ4v) is 2.72. The van der Waals surface area contributed by atoms with Crippen molar-refractivity contribution in [3.63, 3.8) is 0 Å². The Morgan fingerprint density at radius 1 is 1.31 bits per heavy atom. The number of nitrogens with two attached hydrogens (primary N) is 1. The van der Waals surface area contributed by atoms with Crippen molar-refractivity contribution in [2.75, 3.05) is 23.7 Å². The van der Waals surface area contributed by atoms with Gasteiger partial charge in [-0.3, -0.25) is 0 Å². The summed E-state index contributed by atoms with van der Waals surface area (Å²) in [5, 5.41) is 0. The van der Waals surface area contributed by atoms with Crippen LogP contribution in [0.1, 0.15) is 26.7 Å². The van der Waals surface area contributed by atoms with E-state index >= 15 is 0 Å². The Kier molecular flexibility index (Phi) is 3.15. The van der Waals surface area contributed by atoms with E-state index in [9.17, 15) is 0 Å². The van der Waals surface area contributed by atoms with Crippen molar-refractivity contribution in [1.29, 1.82) is 0 Å².